The van der Waals surface area contributed by atoms with E-state index in [0.717, 1.165) is 0 Å². The molecular weight excluding hydrogens is 212 g/mol. The van der Waals surface area contributed by atoms with Crippen molar-refractivity contribution in [2.45, 2.75) is 19.6 Å². The smallest absolute Gasteiger partial charge is 0.311 e. The van der Waals surface area contributed by atoms with Crippen molar-refractivity contribution < 1.29 is 9.35 Å². The second-order valence-corrected chi connectivity index (χ2v) is 8.63. The molecule has 0 atom stereocenters. The summed E-state index contributed by atoms with van der Waals surface area (Å²) < 4.78 is 5.59. The molecule has 6 heteroatoms. The minimum absolute atomic E-state index is 0.0718. The number of hydrogen-bond acceptors (Lipinski definition) is 4. The molecule has 5 nitrogen and oxygen atoms in total. The molecule has 0 aliphatic carbocycles. The van der Waals surface area contributed by atoms with E-state index in [4.69, 9.17) is 10.2 Å². The summed E-state index contributed by atoms with van der Waals surface area (Å²) in [7, 11) is -1.84. The molecule has 0 spiro atoms. The van der Waals surface area contributed by atoms with Gasteiger partial charge in [-0.1, -0.05) is 0 Å². The van der Waals surface area contributed by atoms with Gasteiger partial charge in [0.1, 0.15) is 0 Å². The Bertz CT molecular complexity index is 387. The van der Waals surface area contributed by atoms with Crippen LogP contribution in [0.25, 0.3) is 0 Å². The molecule has 0 fully saturated rings. The van der Waals surface area contributed by atoms with Gasteiger partial charge in [0, 0.05) is 11.8 Å². The average molecular weight is 226 g/mol. The SMILES string of the molecule is C[Si](C)(C)Oc1ccc(N)cc1[N+](=O)[O-]. The first kappa shape index (κ1) is 11.5. The standard InChI is InChI=1S/C9H14N2O3Si/c1-15(2,3)14-9-5-4-7(10)6-8(9)11(12)13/h4-6H,10H2,1-3H3. The van der Waals surface area contributed by atoms with Crippen LogP contribution in [0.5, 0.6) is 5.75 Å². The molecule has 2 N–H and O–H groups in total. The van der Waals surface area contributed by atoms with E-state index < -0.39 is 13.2 Å². The Hall–Kier alpha value is -1.56. The van der Waals surface area contributed by atoms with Crippen LogP contribution in [0.15, 0.2) is 18.2 Å². The van der Waals surface area contributed by atoms with Crippen LogP contribution in [0.1, 0.15) is 0 Å². The fourth-order valence-electron chi connectivity index (χ4n) is 1.09. The van der Waals surface area contributed by atoms with Crippen molar-refractivity contribution in [3.8, 4) is 5.75 Å². The van der Waals surface area contributed by atoms with Gasteiger partial charge in [-0.25, -0.2) is 0 Å². The zero-order valence-corrected chi connectivity index (χ0v) is 9.98. The van der Waals surface area contributed by atoms with Crippen LogP contribution in [0.2, 0.25) is 19.6 Å². The molecule has 0 heterocycles. The number of anilines is 1. The minimum Gasteiger partial charge on any atom is -0.540 e. The van der Waals surface area contributed by atoms with Crippen molar-refractivity contribution in [2.75, 3.05) is 5.73 Å². The maximum atomic E-state index is 10.7. The lowest BCUT2D eigenvalue weighted by Crippen LogP contribution is -2.29. The summed E-state index contributed by atoms with van der Waals surface area (Å²) in [6.45, 7) is 5.90. The van der Waals surface area contributed by atoms with Gasteiger partial charge in [0.05, 0.1) is 4.92 Å². The molecule has 1 aromatic carbocycles. The third-order valence-corrected chi connectivity index (χ3v) is 2.43. The van der Waals surface area contributed by atoms with Gasteiger partial charge in [-0.2, -0.15) is 0 Å². The van der Waals surface area contributed by atoms with Gasteiger partial charge >= 0.3 is 5.69 Å². The fourth-order valence-corrected chi connectivity index (χ4v) is 1.93. The summed E-state index contributed by atoms with van der Waals surface area (Å²) >= 11 is 0. The van der Waals surface area contributed by atoms with E-state index in [2.05, 4.69) is 0 Å². The number of nitro groups is 1. The third-order valence-electron chi connectivity index (χ3n) is 1.60. The van der Waals surface area contributed by atoms with Crippen molar-refractivity contribution >= 4 is 19.7 Å². The first-order valence-electron chi connectivity index (χ1n) is 4.52. The summed E-state index contributed by atoms with van der Waals surface area (Å²) in [5.41, 5.74) is 5.77. The summed E-state index contributed by atoms with van der Waals surface area (Å²) in [4.78, 5) is 10.3. The zero-order valence-electron chi connectivity index (χ0n) is 8.98. The van der Waals surface area contributed by atoms with Gasteiger partial charge in [-0.3, -0.25) is 10.1 Å². The monoisotopic (exact) mass is 226 g/mol. The Morgan fingerprint density at radius 3 is 2.47 bits per heavy atom. The van der Waals surface area contributed by atoms with Crippen LogP contribution in [0.3, 0.4) is 0 Å². The molecule has 1 aromatic rings. The molecule has 0 unspecified atom stereocenters. The largest absolute Gasteiger partial charge is 0.540 e. The van der Waals surface area contributed by atoms with E-state index in [1.54, 1.807) is 12.1 Å². The Kier molecular flexibility index (Phi) is 2.99. The summed E-state index contributed by atoms with van der Waals surface area (Å²) in [6, 6.07) is 4.46. The Morgan fingerprint density at radius 2 is 2.00 bits per heavy atom. The van der Waals surface area contributed by atoms with E-state index in [1.807, 2.05) is 19.6 Å². The van der Waals surface area contributed by atoms with Crippen molar-refractivity contribution in [1.82, 2.24) is 0 Å². The molecule has 0 amide bonds. The second kappa shape index (κ2) is 3.89. The predicted molar refractivity (Wildman–Crippen MR) is 61.5 cm³/mol. The normalized spacial score (nSPS) is 11.1. The molecular formula is C9H14N2O3Si. The molecule has 0 saturated heterocycles. The summed E-state index contributed by atoms with van der Waals surface area (Å²) in [5.74, 6) is 0.299. The number of benzene rings is 1. The van der Waals surface area contributed by atoms with Crippen LogP contribution in [0.4, 0.5) is 11.4 Å². The van der Waals surface area contributed by atoms with E-state index in [-0.39, 0.29) is 5.69 Å². The first-order valence-corrected chi connectivity index (χ1v) is 7.93. The average Bonchev–Trinajstić information content (AvgIpc) is 2.05. The van der Waals surface area contributed by atoms with Crippen LogP contribution < -0.4 is 10.2 Å². The van der Waals surface area contributed by atoms with Crippen molar-refractivity contribution in [1.29, 1.82) is 0 Å². The zero-order chi connectivity index (χ0) is 11.6. The molecule has 15 heavy (non-hydrogen) atoms. The molecule has 0 radical (unpaired) electrons. The highest BCUT2D eigenvalue weighted by atomic mass is 28.4. The number of nitro benzene ring substituents is 1. The highest BCUT2D eigenvalue weighted by Gasteiger charge is 2.22. The predicted octanol–water partition coefficient (Wildman–Crippen LogP) is 2.39. The van der Waals surface area contributed by atoms with E-state index >= 15 is 0 Å². The minimum atomic E-state index is -1.84. The maximum absolute atomic E-state index is 10.7. The quantitative estimate of drug-likeness (QED) is 0.371. The molecule has 0 bridgehead atoms. The number of nitrogen functional groups attached to an aromatic ring is 1. The van der Waals surface area contributed by atoms with Crippen LogP contribution >= 0.6 is 0 Å². The molecule has 1 rings (SSSR count). The van der Waals surface area contributed by atoms with Crippen molar-refractivity contribution in [3.63, 3.8) is 0 Å². The highest BCUT2D eigenvalue weighted by molar-refractivity contribution is 6.70. The molecule has 82 valence electrons. The maximum Gasteiger partial charge on any atom is 0.311 e. The van der Waals surface area contributed by atoms with Gasteiger partial charge in [0.2, 0.25) is 8.32 Å². The van der Waals surface area contributed by atoms with Gasteiger partial charge in [0.25, 0.3) is 0 Å². The van der Waals surface area contributed by atoms with Gasteiger partial charge in [0.15, 0.2) is 5.75 Å². The first-order chi connectivity index (χ1) is 6.79. The van der Waals surface area contributed by atoms with Crippen LogP contribution in [0, 0.1) is 10.1 Å². The number of hydrogen-bond donors (Lipinski definition) is 1. The molecule has 0 aliphatic heterocycles. The van der Waals surface area contributed by atoms with Crippen molar-refractivity contribution in [3.05, 3.63) is 28.3 Å². The van der Waals surface area contributed by atoms with Gasteiger partial charge in [-0.05, 0) is 31.8 Å². The van der Waals surface area contributed by atoms with Crippen molar-refractivity contribution in [2.24, 2.45) is 0 Å². The highest BCUT2D eigenvalue weighted by Crippen LogP contribution is 2.30. The third kappa shape index (κ3) is 3.24. The Balaban J connectivity index is 3.12. The van der Waals surface area contributed by atoms with Crippen LogP contribution in [-0.2, 0) is 0 Å². The molecule has 0 saturated carbocycles. The lowest BCUT2D eigenvalue weighted by molar-refractivity contribution is -0.385. The van der Waals surface area contributed by atoms with E-state index in [0.29, 0.717) is 11.4 Å². The molecule has 0 aliphatic rings. The second-order valence-electron chi connectivity index (χ2n) is 4.20. The summed E-state index contributed by atoms with van der Waals surface area (Å²) in [6.07, 6.45) is 0. The Morgan fingerprint density at radius 1 is 1.40 bits per heavy atom. The fraction of sp³-hybridized carbons (Fsp3) is 0.333. The lowest BCUT2D eigenvalue weighted by atomic mass is 10.2. The van der Waals surface area contributed by atoms with Gasteiger partial charge < -0.3 is 10.2 Å². The number of nitrogens with zero attached hydrogens (tertiary/aromatic N) is 1. The van der Waals surface area contributed by atoms with E-state index in [9.17, 15) is 10.1 Å². The summed E-state index contributed by atoms with van der Waals surface area (Å²) in [5, 5.41) is 10.7. The van der Waals surface area contributed by atoms with Gasteiger partial charge in [-0.15, -0.1) is 0 Å². The number of rotatable bonds is 3. The topological polar surface area (TPSA) is 78.4 Å². The van der Waals surface area contributed by atoms with E-state index in [1.165, 1.54) is 6.07 Å². The number of nitrogens with two attached hydrogens (primary N) is 1. The molecule has 0 aromatic heterocycles. The Labute approximate surface area is 89.1 Å². The lowest BCUT2D eigenvalue weighted by Gasteiger charge is -2.18. The van der Waals surface area contributed by atoms with Crippen LogP contribution in [-0.4, -0.2) is 13.2 Å².